The first-order valence-electron chi connectivity index (χ1n) is 9.20. The number of nitrogen functional groups attached to an aromatic ring is 1. The number of hydrogen-bond donors (Lipinski definition) is 2. The maximum absolute atomic E-state index is 12.7. The van der Waals surface area contributed by atoms with Gasteiger partial charge in [0.25, 0.3) is 0 Å². The molecule has 1 heterocycles. The molecule has 0 saturated carbocycles. The largest absolute Gasteiger partial charge is 0.497 e. The number of thioether (sulfide) groups is 1. The third kappa shape index (κ3) is 4.54. The minimum absolute atomic E-state index is 0.112. The predicted molar refractivity (Wildman–Crippen MR) is 117 cm³/mol. The fraction of sp³-hybridized carbons (Fsp3) is 0.286. The number of nitrogens with one attached hydrogen (secondary N) is 1. The van der Waals surface area contributed by atoms with Gasteiger partial charge in [-0.1, -0.05) is 29.5 Å². The molecule has 3 N–H and O–H groups in total. The maximum atomic E-state index is 12.7. The normalized spacial score (nSPS) is 11.9. The van der Waals surface area contributed by atoms with Crippen LogP contribution in [0.5, 0.6) is 5.75 Å². The molecule has 0 aliphatic carbocycles. The Labute approximate surface area is 174 Å². The molecule has 2 aromatic carbocycles. The molecule has 8 heteroatoms. The highest BCUT2D eigenvalue weighted by atomic mass is 32.2. The van der Waals surface area contributed by atoms with Crippen molar-refractivity contribution in [3.8, 4) is 17.1 Å². The first-order chi connectivity index (χ1) is 13.8. The van der Waals surface area contributed by atoms with Gasteiger partial charge < -0.3 is 15.9 Å². The number of nitrogens with two attached hydrogens (primary N) is 1. The van der Waals surface area contributed by atoms with E-state index in [-0.39, 0.29) is 5.91 Å². The van der Waals surface area contributed by atoms with Crippen LogP contribution in [0.4, 0.5) is 5.69 Å². The zero-order chi connectivity index (χ0) is 21.1. The van der Waals surface area contributed by atoms with Crippen LogP contribution in [-0.4, -0.2) is 33.1 Å². The second-order valence-electron chi connectivity index (χ2n) is 6.93. The lowest BCUT2D eigenvalue weighted by molar-refractivity contribution is -0.115. The number of benzene rings is 2. The Morgan fingerprint density at radius 3 is 2.34 bits per heavy atom. The lowest BCUT2D eigenvalue weighted by Gasteiger charge is -2.16. The summed E-state index contributed by atoms with van der Waals surface area (Å²) in [6.07, 6.45) is 0. The monoisotopic (exact) mass is 411 g/mol. The van der Waals surface area contributed by atoms with E-state index >= 15 is 0 Å². The molecule has 0 aliphatic heterocycles. The van der Waals surface area contributed by atoms with Crippen molar-refractivity contribution >= 4 is 23.4 Å². The fourth-order valence-corrected chi connectivity index (χ4v) is 3.88. The Balaban J connectivity index is 1.73. The predicted octanol–water partition coefficient (Wildman–Crippen LogP) is 3.71. The van der Waals surface area contributed by atoms with Gasteiger partial charge >= 0.3 is 0 Å². The molecule has 1 atom stereocenters. The summed E-state index contributed by atoms with van der Waals surface area (Å²) in [7, 11) is 1.61. The minimum Gasteiger partial charge on any atom is -0.497 e. The number of aromatic nitrogens is 3. The third-order valence-corrected chi connectivity index (χ3v) is 5.65. The minimum atomic E-state index is -0.398. The highest BCUT2D eigenvalue weighted by Crippen LogP contribution is 2.28. The van der Waals surface area contributed by atoms with Gasteiger partial charge in [0.1, 0.15) is 5.75 Å². The van der Waals surface area contributed by atoms with E-state index in [9.17, 15) is 4.79 Å². The molecule has 1 amide bonds. The van der Waals surface area contributed by atoms with Gasteiger partial charge in [0.15, 0.2) is 5.82 Å². The third-order valence-electron chi connectivity index (χ3n) is 4.59. The van der Waals surface area contributed by atoms with Crippen LogP contribution in [0.1, 0.15) is 23.6 Å². The maximum Gasteiger partial charge on any atom is 0.237 e. The summed E-state index contributed by atoms with van der Waals surface area (Å²) >= 11 is 1.26. The van der Waals surface area contributed by atoms with Gasteiger partial charge in [0.05, 0.1) is 12.4 Å². The van der Waals surface area contributed by atoms with Gasteiger partial charge in [-0.25, -0.2) is 4.68 Å². The zero-order valence-corrected chi connectivity index (χ0v) is 18.0. The Kier molecular flexibility index (Phi) is 6.12. The summed E-state index contributed by atoms with van der Waals surface area (Å²) < 4.78 is 6.57. The summed E-state index contributed by atoms with van der Waals surface area (Å²) in [4.78, 5) is 12.7. The number of anilines is 1. The molecule has 7 nitrogen and oxygen atoms in total. The fourth-order valence-electron chi connectivity index (χ4n) is 3.11. The molecule has 3 rings (SSSR count). The van der Waals surface area contributed by atoms with Gasteiger partial charge in [0, 0.05) is 11.3 Å². The quantitative estimate of drug-likeness (QED) is 0.474. The molecule has 3 aromatic rings. The molecule has 0 radical (unpaired) electrons. The molecule has 0 spiro atoms. The number of carbonyl (C=O) groups excluding carboxylic acids is 1. The summed E-state index contributed by atoms with van der Waals surface area (Å²) in [5.41, 5.74) is 4.91. The van der Waals surface area contributed by atoms with Gasteiger partial charge in [-0.3, -0.25) is 4.79 Å². The summed E-state index contributed by atoms with van der Waals surface area (Å²) in [6, 6.07) is 11.5. The molecule has 0 fully saturated rings. The van der Waals surface area contributed by atoms with E-state index in [4.69, 9.17) is 10.6 Å². The van der Waals surface area contributed by atoms with Crippen LogP contribution in [0.25, 0.3) is 11.4 Å². The Morgan fingerprint density at radius 1 is 1.14 bits per heavy atom. The topological polar surface area (TPSA) is 95.1 Å². The van der Waals surface area contributed by atoms with Crippen LogP contribution in [0.15, 0.2) is 41.6 Å². The Morgan fingerprint density at radius 2 is 1.76 bits per heavy atom. The SMILES string of the molecule is COc1ccc(-c2nnc(S[C@@H](C)C(=O)Nc3c(C)cc(C)cc3C)n2N)cc1. The summed E-state index contributed by atoms with van der Waals surface area (Å²) in [5, 5.41) is 11.4. The van der Waals surface area contributed by atoms with Crippen LogP contribution < -0.4 is 15.9 Å². The van der Waals surface area contributed by atoms with Crippen molar-refractivity contribution in [2.75, 3.05) is 18.3 Å². The number of rotatable bonds is 6. The number of hydrogen-bond acceptors (Lipinski definition) is 6. The molecule has 152 valence electrons. The van der Waals surface area contributed by atoms with Crippen LogP contribution in [-0.2, 0) is 4.79 Å². The molecule has 0 unspecified atom stereocenters. The molecule has 0 bridgehead atoms. The number of ether oxygens (including phenoxy) is 1. The first-order valence-corrected chi connectivity index (χ1v) is 10.1. The summed E-state index contributed by atoms with van der Waals surface area (Å²) in [5.74, 6) is 7.34. The van der Waals surface area contributed by atoms with Crippen molar-refractivity contribution in [1.82, 2.24) is 14.9 Å². The van der Waals surface area contributed by atoms with E-state index in [0.29, 0.717) is 11.0 Å². The molecular formula is C21H25N5O2S. The molecular weight excluding hydrogens is 386 g/mol. The van der Waals surface area contributed by atoms with Crippen molar-refractivity contribution in [1.29, 1.82) is 0 Å². The van der Waals surface area contributed by atoms with Gasteiger partial charge in [-0.15, -0.1) is 10.2 Å². The van der Waals surface area contributed by atoms with Crippen molar-refractivity contribution in [3.05, 3.63) is 53.1 Å². The lowest BCUT2D eigenvalue weighted by Crippen LogP contribution is -2.24. The molecule has 29 heavy (non-hydrogen) atoms. The number of carbonyl (C=O) groups is 1. The van der Waals surface area contributed by atoms with E-state index in [1.54, 1.807) is 7.11 Å². The van der Waals surface area contributed by atoms with Crippen molar-refractivity contribution in [2.24, 2.45) is 0 Å². The number of aryl methyl sites for hydroxylation is 3. The van der Waals surface area contributed by atoms with Crippen LogP contribution in [0.2, 0.25) is 0 Å². The Bertz CT molecular complexity index is 1010. The first kappa shape index (κ1) is 20.7. The van der Waals surface area contributed by atoms with Crippen LogP contribution in [0.3, 0.4) is 0 Å². The van der Waals surface area contributed by atoms with E-state index in [1.807, 2.05) is 52.0 Å². The van der Waals surface area contributed by atoms with E-state index < -0.39 is 5.25 Å². The number of nitrogens with zero attached hydrogens (tertiary/aromatic N) is 3. The second kappa shape index (κ2) is 8.57. The van der Waals surface area contributed by atoms with E-state index in [0.717, 1.165) is 28.1 Å². The molecule has 0 aliphatic rings. The standard InChI is InChI=1S/C21H25N5O2S/c1-12-10-13(2)18(14(3)11-12)23-20(27)15(4)29-21-25-24-19(26(21)22)16-6-8-17(28-5)9-7-16/h6-11,15H,22H2,1-5H3,(H,23,27)/t15-/m0/s1. The lowest BCUT2D eigenvalue weighted by atomic mass is 10.1. The van der Waals surface area contributed by atoms with Crippen LogP contribution in [0, 0.1) is 20.8 Å². The van der Waals surface area contributed by atoms with E-state index in [1.165, 1.54) is 22.0 Å². The van der Waals surface area contributed by atoms with E-state index in [2.05, 4.69) is 27.6 Å². The Hall–Kier alpha value is -3.00. The zero-order valence-electron chi connectivity index (χ0n) is 17.2. The van der Waals surface area contributed by atoms with Crippen molar-refractivity contribution in [3.63, 3.8) is 0 Å². The smallest absolute Gasteiger partial charge is 0.237 e. The van der Waals surface area contributed by atoms with Gasteiger partial charge in [-0.2, -0.15) is 0 Å². The molecule has 1 aromatic heterocycles. The number of methoxy groups -OCH3 is 1. The average molecular weight is 412 g/mol. The van der Waals surface area contributed by atoms with Crippen molar-refractivity contribution in [2.45, 2.75) is 38.1 Å². The second-order valence-corrected chi connectivity index (χ2v) is 8.24. The summed E-state index contributed by atoms with van der Waals surface area (Å²) in [6.45, 7) is 7.84. The van der Waals surface area contributed by atoms with Crippen LogP contribution >= 0.6 is 11.8 Å². The van der Waals surface area contributed by atoms with Crippen molar-refractivity contribution < 1.29 is 9.53 Å². The average Bonchev–Trinajstić information content (AvgIpc) is 3.04. The highest BCUT2D eigenvalue weighted by molar-refractivity contribution is 8.00. The highest BCUT2D eigenvalue weighted by Gasteiger charge is 2.21. The van der Waals surface area contributed by atoms with Gasteiger partial charge in [-0.05, 0) is 63.1 Å². The molecule has 0 saturated heterocycles. The number of amides is 1. The van der Waals surface area contributed by atoms with Gasteiger partial charge in [0.2, 0.25) is 11.1 Å².